The highest BCUT2D eigenvalue weighted by Crippen LogP contribution is 2.35. The first-order valence-corrected chi connectivity index (χ1v) is 13.2. The average Bonchev–Trinajstić information content (AvgIpc) is 3.03. The SMILES string of the molecule is Cc1nc(CC(=O)NC2CCC(F)(CCN3CCc4ccc(OC(C)C(F)(F)F)nc4CC3)CC2)nn1C. The van der Waals surface area contributed by atoms with Gasteiger partial charge in [-0.1, -0.05) is 6.07 Å². The van der Waals surface area contributed by atoms with Crippen molar-refractivity contribution in [3.8, 4) is 5.88 Å². The second kappa shape index (κ2) is 11.5. The fourth-order valence-corrected chi connectivity index (χ4v) is 5.06. The van der Waals surface area contributed by atoms with E-state index >= 15 is 4.39 Å². The first-order valence-electron chi connectivity index (χ1n) is 13.2. The maximum absolute atomic E-state index is 15.6. The molecular weight excluding hydrogens is 504 g/mol. The largest absolute Gasteiger partial charge is 0.465 e. The van der Waals surface area contributed by atoms with Gasteiger partial charge in [0.05, 0.1) is 6.42 Å². The lowest BCUT2D eigenvalue weighted by molar-refractivity contribution is -0.190. The van der Waals surface area contributed by atoms with Crippen molar-refractivity contribution < 1.29 is 27.1 Å². The molecule has 0 aromatic carbocycles. The number of alkyl halides is 4. The second-order valence-corrected chi connectivity index (χ2v) is 10.5. The van der Waals surface area contributed by atoms with Crippen molar-refractivity contribution in [1.82, 2.24) is 30.0 Å². The van der Waals surface area contributed by atoms with Crippen LogP contribution in [0.25, 0.3) is 0 Å². The van der Waals surface area contributed by atoms with Crippen molar-refractivity contribution >= 4 is 5.91 Å². The molecule has 12 heteroatoms. The molecule has 0 radical (unpaired) electrons. The Labute approximate surface area is 220 Å². The van der Waals surface area contributed by atoms with Crippen LogP contribution in [0.1, 0.15) is 61.9 Å². The molecule has 1 unspecified atom stereocenters. The highest BCUT2D eigenvalue weighted by molar-refractivity contribution is 5.78. The van der Waals surface area contributed by atoms with Crippen LogP contribution in [0.15, 0.2) is 12.1 Å². The maximum Gasteiger partial charge on any atom is 0.425 e. The van der Waals surface area contributed by atoms with Crippen LogP contribution in [0.4, 0.5) is 17.6 Å². The summed E-state index contributed by atoms with van der Waals surface area (Å²) in [6, 6.07) is 3.21. The summed E-state index contributed by atoms with van der Waals surface area (Å²) in [7, 11) is 1.78. The van der Waals surface area contributed by atoms with Crippen molar-refractivity contribution in [2.45, 2.75) is 89.2 Å². The van der Waals surface area contributed by atoms with E-state index in [1.54, 1.807) is 17.8 Å². The molecule has 2 aliphatic rings. The number of nitrogens with one attached hydrogen (secondary N) is 1. The number of pyridine rings is 1. The predicted molar refractivity (Wildman–Crippen MR) is 133 cm³/mol. The van der Waals surface area contributed by atoms with Crippen molar-refractivity contribution in [3.63, 3.8) is 0 Å². The molecule has 1 saturated carbocycles. The Balaban J connectivity index is 1.21. The summed E-state index contributed by atoms with van der Waals surface area (Å²) in [5.41, 5.74) is 0.455. The number of hydrogen-bond donors (Lipinski definition) is 1. The van der Waals surface area contributed by atoms with Gasteiger partial charge < -0.3 is 15.0 Å². The number of nitrogens with zero attached hydrogens (tertiary/aromatic N) is 5. The molecule has 38 heavy (non-hydrogen) atoms. The zero-order valence-corrected chi connectivity index (χ0v) is 22.2. The lowest BCUT2D eigenvalue weighted by atomic mass is 9.81. The Morgan fingerprint density at radius 2 is 1.92 bits per heavy atom. The molecule has 1 aliphatic heterocycles. The van der Waals surface area contributed by atoms with Gasteiger partial charge in [0.25, 0.3) is 0 Å². The van der Waals surface area contributed by atoms with Crippen LogP contribution in [-0.4, -0.2) is 74.2 Å². The Morgan fingerprint density at radius 1 is 1.21 bits per heavy atom. The number of aromatic nitrogens is 4. The van der Waals surface area contributed by atoms with Crippen molar-refractivity contribution in [2.75, 3.05) is 19.6 Å². The maximum atomic E-state index is 15.6. The molecule has 1 N–H and O–H groups in total. The Morgan fingerprint density at radius 3 is 2.58 bits per heavy atom. The number of hydrogen-bond acceptors (Lipinski definition) is 6. The van der Waals surface area contributed by atoms with E-state index in [-0.39, 0.29) is 24.2 Å². The molecule has 0 saturated heterocycles. The topological polar surface area (TPSA) is 85.2 Å². The third-order valence-electron chi connectivity index (χ3n) is 7.63. The van der Waals surface area contributed by atoms with Gasteiger partial charge in [-0.3, -0.25) is 9.48 Å². The smallest absolute Gasteiger partial charge is 0.425 e. The minimum atomic E-state index is -4.45. The number of aryl methyl sites for hydroxylation is 2. The number of amides is 1. The number of halogens is 4. The Hall–Kier alpha value is -2.76. The molecule has 1 atom stereocenters. The summed E-state index contributed by atoms with van der Waals surface area (Å²) in [5.74, 6) is 1.05. The first kappa shape index (κ1) is 28.3. The van der Waals surface area contributed by atoms with E-state index in [4.69, 9.17) is 4.74 Å². The molecule has 1 amide bonds. The molecule has 8 nitrogen and oxygen atoms in total. The van der Waals surface area contributed by atoms with Crippen molar-refractivity contribution in [3.05, 3.63) is 35.0 Å². The van der Waals surface area contributed by atoms with E-state index in [0.717, 1.165) is 30.6 Å². The van der Waals surface area contributed by atoms with E-state index < -0.39 is 17.9 Å². The van der Waals surface area contributed by atoms with E-state index in [1.807, 2.05) is 6.92 Å². The molecule has 0 bridgehead atoms. The standard InChI is InChI=1S/C26H36F4N6O2/c1-17(26(28,29)30)38-24-5-4-19-8-13-36(14-9-21(19)33-24)15-12-25(27)10-6-20(7-11-25)32-23(37)16-22-31-18(2)35(3)34-22/h4-5,17,20H,6-16H2,1-3H3,(H,32,37). The summed E-state index contributed by atoms with van der Waals surface area (Å²) in [4.78, 5) is 23.1. The van der Waals surface area contributed by atoms with Crippen molar-refractivity contribution in [2.24, 2.45) is 7.05 Å². The van der Waals surface area contributed by atoms with E-state index in [1.165, 1.54) is 6.07 Å². The lowest BCUT2D eigenvalue weighted by Gasteiger charge is -2.35. The molecule has 2 aromatic rings. The fourth-order valence-electron chi connectivity index (χ4n) is 5.06. The molecule has 1 aliphatic carbocycles. The zero-order chi connectivity index (χ0) is 27.5. The van der Waals surface area contributed by atoms with Crippen LogP contribution < -0.4 is 10.1 Å². The van der Waals surface area contributed by atoms with Crippen LogP contribution in [0, 0.1) is 6.92 Å². The van der Waals surface area contributed by atoms with Gasteiger partial charge in [-0.15, -0.1) is 0 Å². The van der Waals surface area contributed by atoms with Crippen LogP contribution in [0.5, 0.6) is 5.88 Å². The van der Waals surface area contributed by atoms with Gasteiger partial charge in [-0.25, -0.2) is 14.4 Å². The number of rotatable bonds is 8. The highest BCUT2D eigenvalue weighted by atomic mass is 19.4. The van der Waals surface area contributed by atoms with Crippen LogP contribution in [-0.2, 0) is 31.1 Å². The second-order valence-electron chi connectivity index (χ2n) is 10.5. The third kappa shape index (κ3) is 7.42. The number of ether oxygens (including phenoxy) is 1. The van der Waals surface area contributed by atoms with E-state index in [9.17, 15) is 18.0 Å². The normalized spacial score (nSPS) is 23.4. The van der Waals surface area contributed by atoms with E-state index in [2.05, 4.69) is 25.3 Å². The number of carbonyl (C=O) groups excluding carboxylic acids is 1. The molecular formula is C26H36F4N6O2. The quantitative estimate of drug-likeness (QED) is 0.515. The van der Waals surface area contributed by atoms with Gasteiger partial charge in [0.15, 0.2) is 11.9 Å². The summed E-state index contributed by atoms with van der Waals surface area (Å²) in [5, 5.41) is 7.21. The third-order valence-corrected chi connectivity index (χ3v) is 7.63. The van der Waals surface area contributed by atoms with Gasteiger partial charge in [-0.05, 0) is 57.9 Å². The minimum absolute atomic E-state index is 0.0278. The number of carbonyl (C=O) groups is 1. The van der Waals surface area contributed by atoms with E-state index in [0.29, 0.717) is 63.9 Å². The molecule has 0 spiro atoms. The van der Waals surface area contributed by atoms with Gasteiger partial charge in [0, 0.05) is 50.9 Å². The Bertz CT molecular complexity index is 1090. The lowest BCUT2D eigenvalue weighted by Crippen LogP contribution is -2.43. The number of fused-ring (bicyclic) bond motifs is 1. The fraction of sp³-hybridized carbons (Fsp3) is 0.692. The summed E-state index contributed by atoms with van der Waals surface area (Å²) in [6.45, 7) is 4.79. The summed E-state index contributed by atoms with van der Waals surface area (Å²) < 4.78 is 60.7. The van der Waals surface area contributed by atoms with Crippen LogP contribution in [0.3, 0.4) is 0 Å². The summed E-state index contributed by atoms with van der Waals surface area (Å²) in [6.07, 6.45) is -2.61. The predicted octanol–water partition coefficient (Wildman–Crippen LogP) is 3.65. The first-order chi connectivity index (χ1) is 17.9. The van der Waals surface area contributed by atoms with Gasteiger partial charge >= 0.3 is 6.18 Å². The average molecular weight is 541 g/mol. The van der Waals surface area contributed by atoms with Gasteiger partial charge in [0.2, 0.25) is 11.8 Å². The summed E-state index contributed by atoms with van der Waals surface area (Å²) >= 11 is 0. The van der Waals surface area contributed by atoms with Crippen LogP contribution in [0.2, 0.25) is 0 Å². The molecule has 210 valence electrons. The highest BCUT2D eigenvalue weighted by Gasteiger charge is 2.39. The molecule has 4 rings (SSSR count). The van der Waals surface area contributed by atoms with Crippen LogP contribution >= 0.6 is 0 Å². The molecule has 2 aromatic heterocycles. The van der Waals surface area contributed by atoms with Gasteiger partial charge in [-0.2, -0.15) is 18.3 Å². The minimum Gasteiger partial charge on any atom is -0.465 e. The molecule has 1 fully saturated rings. The van der Waals surface area contributed by atoms with Crippen molar-refractivity contribution in [1.29, 1.82) is 0 Å². The zero-order valence-electron chi connectivity index (χ0n) is 22.2. The monoisotopic (exact) mass is 540 g/mol. The van der Waals surface area contributed by atoms with Gasteiger partial charge in [0.1, 0.15) is 11.5 Å². The molecule has 3 heterocycles. The Kier molecular flexibility index (Phi) is 8.59.